The summed E-state index contributed by atoms with van der Waals surface area (Å²) in [6.45, 7) is 2.14. The molecule has 1 unspecified atom stereocenters. The topological polar surface area (TPSA) is 67.1 Å². The van der Waals surface area contributed by atoms with E-state index in [9.17, 15) is 9.18 Å². The number of halogens is 3. The molecular formula is C18H20Cl2FN3O. The number of hydrogen-bond acceptors (Lipinski definition) is 2. The maximum atomic E-state index is 13.1. The maximum Gasteiger partial charge on any atom is 0.315 e. The second-order valence-electron chi connectivity index (χ2n) is 5.84. The zero-order valence-corrected chi connectivity index (χ0v) is 15.2. The third-order valence-corrected chi connectivity index (χ3v) is 4.11. The summed E-state index contributed by atoms with van der Waals surface area (Å²) in [6, 6.07) is 10.3. The summed E-state index contributed by atoms with van der Waals surface area (Å²) in [6.07, 6.45) is 0.460. The lowest BCUT2D eigenvalue weighted by atomic mass is 9.99. The Bertz CT molecular complexity index is 705. The highest BCUT2D eigenvalue weighted by Gasteiger charge is 2.17. The van der Waals surface area contributed by atoms with E-state index in [0.29, 0.717) is 23.0 Å². The Kier molecular flexibility index (Phi) is 7.05. The van der Waals surface area contributed by atoms with Crippen LogP contribution in [-0.4, -0.2) is 18.6 Å². The van der Waals surface area contributed by atoms with E-state index >= 15 is 0 Å². The summed E-state index contributed by atoms with van der Waals surface area (Å²) in [5.41, 5.74) is 7.16. The first-order valence-corrected chi connectivity index (χ1v) is 8.60. The zero-order valence-electron chi connectivity index (χ0n) is 13.7. The van der Waals surface area contributed by atoms with Crippen LogP contribution < -0.4 is 16.4 Å². The van der Waals surface area contributed by atoms with Gasteiger partial charge in [0.05, 0.1) is 6.04 Å². The van der Waals surface area contributed by atoms with Gasteiger partial charge in [-0.05, 0) is 54.8 Å². The second kappa shape index (κ2) is 9.04. The molecular weight excluding hydrogens is 364 g/mol. The van der Waals surface area contributed by atoms with Gasteiger partial charge in [-0.2, -0.15) is 0 Å². The Morgan fingerprint density at radius 3 is 2.28 bits per heavy atom. The number of rotatable bonds is 6. The molecule has 0 aromatic heterocycles. The first-order chi connectivity index (χ1) is 11.9. The average molecular weight is 384 g/mol. The minimum absolute atomic E-state index is 0.158. The molecule has 0 spiro atoms. The zero-order chi connectivity index (χ0) is 18.4. The quantitative estimate of drug-likeness (QED) is 0.703. The number of carbonyl (C=O) groups is 1. The minimum atomic E-state index is -0.383. The third kappa shape index (κ3) is 6.20. The molecule has 4 nitrogen and oxygen atoms in total. The number of amides is 2. The van der Waals surface area contributed by atoms with Crippen molar-refractivity contribution in [2.24, 2.45) is 5.73 Å². The van der Waals surface area contributed by atoms with E-state index in [4.69, 9.17) is 28.9 Å². The Morgan fingerprint density at radius 1 is 1.12 bits per heavy atom. The van der Waals surface area contributed by atoms with Gasteiger partial charge in [-0.3, -0.25) is 0 Å². The third-order valence-electron chi connectivity index (χ3n) is 3.68. The van der Waals surface area contributed by atoms with Gasteiger partial charge < -0.3 is 16.4 Å². The molecule has 0 aliphatic rings. The lowest BCUT2D eigenvalue weighted by Crippen LogP contribution is -2.45. The second-order valence-corrected chi connectivity index (χ2v) is 6.71. The van der Waals surface area contributed by atoms with Crippen LogP contribution in [0.4, 0.5) is 9.18 Å². The van der Waals surface area contributed by atoms with Crippen LogP contribution in [0.3, 0.4) is 0 Å². The highest BCUT2D eigenvalue weighted by molar-refractivity contribution is 6.34. The molecule has 0 aliphatic heterocycles. The van der Waals surface area contributed by atoms with Crippen molar-refractivity contribution in [1.82, 2.24) is 10.6 Å². The number of nitrogens with two attached hydrogens (primary N) is 1. The van der Waals surface area contributed by atoms with Crippen LogP contribution in [0.5, 0.6) is 0 Å². The summed E-state index contributed by atoms with van der Waals surface area (Å²) >= 11 is 12.2. The van der Waals surface area contributed by atoms with Crippen LogP contribution in [0.1, 0.15) is 24.1 Å². The fourth-order valence-electron chi connectivity index (χ4n) is 2.37. The molecule has 0 heterocycles. The van der Waals surface area contributed by atoms with E-state index in [0.717, 1.165) is 11.1 Å². The van der Waals surface area contributed by atoms with Crippen LogP contribution >= 0.6 is 23.2 Å². The summed E-state index contributed by atoms with van der Waals surface area (Å²) in [5.74, 6) is -0.312. The molecule has 25 heavy (non-hydrogen) atoms. The Labute approximate surface area is 156 Å². The smallest absolute Gasteiger partial charge is 0.315 e. The SMILES string of the molecule is C[C@H](CN)NC(=O)NC(Cc1ccc(F)cc1)c1cc(Cl)cc(Cl)c1. The predicted molar refractivity (Wildman–Crippen MR) is 99.5 cm³/mol. The van der Waals surface area contributed by atoms with Gasteiger partial charge in [0.2, 0.25) is 0 Å². The van der Waals surface area contributed by atoms with Gasteiger partial charge in [-0.15, -0.1) is 0 Å². The van der Waals surface area contributed by atoms with Crippen molar-refractivity contribution in [3.05, 3.63) is 69.5 Å². The van der Waals surface area contributed by atoms with Crippen LogP contribution in [-0.2, 0) is 6.42 Å². The molecule has 2 atom stereocenters. The van der Waals surface area contributed by atoms with E-state index in [2.05, 4.69) is 10.6 Å². The normalized spacial score (nSPS) is 13.2. The summed E-state index contributed by atoms with van der Waals surface area (Å²) in [5, 5.41) is 6.60. The molecule has 0 radical (unpaired) electrons. The maximum absolute atomic E-state index is 13.1. The van der Waals surface area contributed by atoms with E-state index in [1.54, 1.807) is 30.3 Å². The molecule has 4 N–H and O–H groups in total. The van der Waals surface area contributed by atoms with E-state index < -0.39 is 0 Å². The lowest BCUT2D eigenvalue weighted by molar-refractivity contribution is 0.234. The first-order valence-electron chi connectivity index (χ1n) is 7.85. The van der Waals surface area contributed by atoms with Crippen LogP contribution in [0, 0.1) is 5.82 Å². The molecule has 0 saturated carbocycles. The molecule has 7 heteroatoms. The van der Waals surface area contributed by atoms with Crippen molar-refractivity contribution in [3.8, 4) is 0 Å². The van der Waals surface area contributed by atoms with Gasteiger partial charge in [0.1, 0.15) is 5.82 Å². The van der Waals surface area contributed by atoms with Crippen molar-refractivity contribution in [3.63, 3.8) is 0 Å². The monoisotopic (exact) mass is 383 g/mol. The standard InChI is InChI=1S/C18H20Cl2FN3O/c1-11(10-22)23-18(25)24-17(6-12-2-4-16(21)5-3-12)13-7-14(19)9-15(20)8-13/h2-5,7-9,11,17H,6,10,22H2,1H3,(H2,23,24,25)/t11-,17?/m1/s1. The van der Waals surface area contributed by atoms with Crippen LogP contribution in [0.2, 0.25) is 10.0 Å². The van der Waals surface area contributed by atoms with Crippen molar-refractivity contribution in [1.29, 1.82) is 0 Å². The molecule has 2 amide bonds. The Morgan fingerprint density at radius 2 is 1.72 bits per heavy atom. The molecule has 2 aromatic carbocycles. The predicted octanol–water partition coefficient (Wildman–Crippen LogP) is 4.06. The van der Waals surface area contributed by atoms with Gasteiger partial charge >= 0.3 is 6.03 Å². The highest BCUT2D eigenvalue weighted by atomic mass is 35.5. The largest absolute Gasteiger partial charge is 0.334 e. The molecule has 0 saturated heterocycles. The summed E-state index contributed by atoms with van der Waals surface area (Å²) < 4.78 is 13.1. The van der Waals surface area contributed by atoms with Gasteiger partial charge in [-0.1, -0.05) is 35.3 Å². The van der Waals surface area contributed by atoms with Crippen molar-refractivity contribution in [2.75, 3.05) is 6.54 Å². The lowest BCUT2D eigenvalue weighted by Gasteiger charge is -2.22. The fraction of sp³-hybridized carbons (Fsp3) is 0.278. The minimum Gasteiger partial charge on any atom is -0.334 e. The number of hydrogen-bond donors (Lipinski definition) is 3. The molecule has 134 valence electrons. The number of benzene rings is 2. The Balaban J connectivity index is 2.23. The summed E-state index contributed by atoms with van der Waals surface area (Å²) in [4.78, 5) is 12.2. The molecule has 0 fully saturated rings. The highest BCUT2D eigenvalue weighted by Crippen LogP contribution is 2.26. The van der Waals surface area contributed by atoms with Crippen molar-refractivity contribution < 1.29 is 9.18 Å². The molecule has 2 rings (SSSR count). The van der Waals surface area contributed by atoms with Crippen molar-refractivity contribution in [2.45, 2.75) is 25.4 Å². The first kappa shape index (κ1) is 19.5. The van der Waals surface area contributed by atoms with Gasteiger partial charge in [-0.25, -0.2) is 9.18 Å². The van der Waals surface area contributed by atoms with Gasteiger partial charge in [0, 0.05) is 22.6 Å². The fourth-order valence-corrected chi connectivity index (χ4v) is 2.91. The number of nitrogens with one attached hydrogen (secondary N) is 2. The van der Waals surface area contributed by atoms with Crippen LogP contribution in [0.25, 0.3) is 0 Å². The average Bonchev–Trinajstić information content (AvgIpc) is 2.55. The van der Waals surface area contributed by atoms with E-state index in [1.165, 1.54) is 12.1 Å². The Hall–Kier alpha value is -1.82. The van der Waals surface area contributed by atoms with Crippen LogP contribution in [0.15, 0.2) is 42.5 Å². The summed E-state index contributed by atoms with van der Waals surface area (Å²) in [7, 11) is 0. The van der Waals surface area contributed by atoms with E-state index in [-0.39, 0.29) is 23.9 Å². The van der Waals surface area contributed by atoms with Gasteiger partial charge in [0.25, 0.3) is 0 Å². The van der Waals surface area contributed by atoms with Crippen molar-refractivity contribution >= 4 is 29.2 Å². The number of carbonyl (C=O) groups excluding carboxylic acids is 1. The number of urea groups is 1. The molecule has 2 aromatic rings. The molecule has 0 aliphatic carbocycles. The van der Waals surface area contributed by atoms with Gasteiger partial charge in [0.15, 0.2) is 0 Å². The molecule has 0 bridgehead atoms. The van der Waals surface area contributed by atoms with E-state index in [1.807, 2.05) is 6.92 Å².